The molecule has 0 aliphatic carbocycles. The summed E-state index contributed by atoms with van der Waals surface area (Å²) in [4.78, 5) is 24.9. The molecule has 150 valence electrons. The van der Waals surface area contributed by atoms with Crippen LogP contribution in [0.5, 0.6) is 5.75 Å². The van der Waals surface area contributed by atoms with E-state index in [9.17, 15) is 14.8 Å². The van der Waals surface area contributed by atoms with E-state index in [1.807, 2.05) is 0 Å². The summed E-state index contributed by atoms with van der Waals surface area (Å²) in [5.74, 6) is -1.32. The fraction of sp³-hybridized carbons (Fsp3) is 0.500. The van der Waals surface area contributed by atoms with E-state index in [0.29, 0.717) is 25.1 Å². The number of methoxy groups -OCH3 is 1. The SMILES string of the molecule is C=C(CN1CCC(N)C(OC)C1)NC1Cc2cccc(C(=O)O)c2OB1N=O. The van der Waals surface area contributed by atoms with E-state index in [1.54, 1.807) is 19.2 Å². The summed E-state index contributed by atoms with van der Waals surface area (Å²) >= 11 is 0. The Hall–Kier alpha value is -2.43. The highest BCUT2D eigenvalue weighted by atomic mass is 16.5. The Morgan fingerprint density at radius 3 is 3.04 bits per heavy atom. The fourth-order valence-electron chi connectivity index (χ4n) is 3.78. The molecule has 2 heterocycles. The molecule has 9 nitrogen and oxygen atoms in total. The van der Waals surface area contributed by atoms with Crippen molar-refractivity contribution in [3.8, 4) is 5.75 Å². The van der Waals surface area contributed by atoms with Crippen molar-refractivity contribution < 1.29 is 19.3 Å². The minimum atomic E-state index is -1.10. The van der Waals surface area contributed by atoms with Crippen LogP contribution in [0.25, 0.3) is 0 Å². The number of hydrogen-bond donors (Lipinski definition) is 3. The van der Waals surface area contributed by atoms with Crippen molar-refractivity contribution in [2.75, 3.05) is 26.7 Å². The van der Waals surface area contributed by atoms with Gasteiger partial charge in [0.15, 0.2) is 0 Å². The van der Waals surface area contributed by atoms with E-state index in [0.717, 1.165) is 18.7 Å². The van der Waals surface area contributed by atoms with E-state index in [2.05, 4.69) is 21.9 Å². The number of carboxylic acid groups (broad SMARTS) is 1. The molecule has 3 atom stereocenters. The Balaban J connectivity index is 1.65. The molecule has 0 radical (unpaired) electrons. The summed E-state index contributed by atoms with van der Waals surface area (Å²) in [5.41, 5.74) is 7.52. The highest BCUT2D eigenvalue weighted by Crippen LogP contribution is 2.31. The summed E-state index contributed by atoms with van der Waals surface area (Å²) < 4.78 is 11.0. The van der Waals surface area contributed by atoms with Gasteiger partial charge in [-0.2, -0.15) is 4.91 Å². The molecular weight excluding hydrogens is 363 g/mol. The molecule has 1 saturated heterocycles. The number of nitrogens with one attached hydrogen (secondary N) is 1. The minimum Gasteiger partial charge on any atom is -0.536 e. The molecular formula is C18H25BN4O5. The number of aromatic carboxylic acids is 1. The maximum atomic E-state index is 11.4. The van der Waals surface area contributed by atoms with Crippen LogP contribution in [0.15, 0.2) is 35.6 Å². The van der Waals surface area contributed by atoms with Crippen LogP contribution in [0.3, 0.4) is 0 Å². The molecule has 0 saturated carbocycles. The van der Waals surface area contributed by atoms with Gasteiger partial charge in [0.05, 0.1) is 17.6 Å². The highest BCUT2D eigenvalue weighted by molar-refractivity contribution is 6.53. The third-order valence-corrected chi connectivity index (χ3v) is 5.25. The number of carbonyl (C=O) groups is 1. The van der Waals surface area contributed by atoms with Gasteiger partial charge in [-0.3, -0.25) is 4.90 Å². The van der Waals surface area contributed by atoms with Crippen LogP contribution in [0.4, 0.5) is 0 Å². The molecule has 3 unspecified atom stereocenters. The molecule has 2 aliphatic rings. The molecule has 1 aromatic rings. The van der Waals surface area contributed by atoms with Gasteiger partial charge < -0.3 is 25.5 Å². The standard InChI is InChI=1S/C18H25BN4O5/c1-11(9-23-7-6-14(20)15(10-23)27-2)21-16-8-12-4-3-5-13(18(24)25)17(12)28-19(16)22-26/h3-5,14-16,21H,1,6-10,20H2,2H3,(H,24,25). The van der Waals surface area contributed by atoms with E-state index in [1.165, 1.54) is 6.07 Å². The van der Waals surface area contributed by atoms with Crippen LogP contribution >= 0.6 is 0 Å². The largest absolute Gasteiger partial charge is 0.570 e. The Bertz CT molecular complexity index is 761. The number of hydrogen-bond acceptors (Lipinski definition) is 8. The third kappa shape index (κ3) is 4.35. The fourth-order valence-corrected chi connectivity index (χ4v) is 3.78. The van der Waals surface area contributed by atoms with E-state index < -0.39 is 19.0 Å². The molecule has 28 heavy (non-hydrogen) atoms. The lowest BCUT2D eigenvalue weighted by molar-refractivity contribution is 0.0194. The number of likely N-dealkylation sites (tertiary alicyclic amines) is 1. The lowest BCUT2D eigenvalue weighted by Gasteiger charge is -2.37. The van der Waals surface area contributed by atoms with E-state index in [-0.39, 0.29) is 23.5 Å². The van der Waals surface area contributed by atoms with Gasteiger partial charge >= 0.3 is 13.0 Å². The Kier molecular flexibility index (Phi) is 6.33. The second kappa shape index (κ2) is 8.72. The van der Waals surface area contributed by atoms with Gasteiger partial charge in [0, 0.05) is 38.5 Å². The molecule has 10 heteroatoms. The van der Waals surface area contributed by atoms with E-state index >= 15 is 0 Å². The summed E-state index contributed by atoms with van der Waals surface area (Å²) in [6.07, 6.45) is 1.23. The van der Waals surface area contributed by atoms with Crippen molar-refractivity contribution >= 4 is 13.0 Å². The van der Waals surface area contributed by atoms with Crippen LogP contribution in [0.1, 0.15) is 22.3 Å². The number of para-hydroxylation sites is 1. The maximum absolute atomic E-state index is 11.4. The first-order valence-corrected chi connectivity index (χ1v) is 9.22. The first-order valence-electron chi connectivity index (χ1n) is 9.22. The normalized spacial score (nSPS) is 24.8. The Labute approximate surface area is 164 Å². The zero-order valence-corrected chi connectivity index (χ0v) is 15.8. The van der Waals surface area contributed by atoms with Crippen LogP contribution in [0.2, 0.25) is 0 Å². The minimum absolute atomic E-state index is 0.0229. The molecule has 1 fully saturated rings. The topological polar surface area (TPSA) is 126 Å². The molecule has 3 rings (SSSR count). The second-order valence-electron chi connectivity index (χ2n) is 7.23. The van der Waals surface area contributed by atoms with Crippen LogP contribution in [-0.2, 0) is 11.2 Å². The van der Waals surface area contributed by atoms with Crippen molar-refractivity contribution in [3.05, 3.63) is 46.5 Å². The molecule has 0 aromatic heterocycles. The number of carboxylic acids is 1. The van der Waals surface area contributed by atoms with Crippen molar-refractivity contribution in [2.45, 2.75) is 30.9 Å². The lowest BCUT2D eigenvalue weighted by atomic mass is 9.68. The first kappa shape index (κ1) is 20.3. The highest BCUT2D eigenvalue weighted by Gasteiger charge is 2.40. The van der Waals surface area contributed by atoms with Crippen LogP contribution in [0, 0.1) is 4.91 Å². The number of ether oxygens (including phenoxy) is 1. The van der Waals surface area contributed by atoms with Gasteiger partial charge in [-0.05, 0) is 24.5 Å². The quantitative estimate of drug-likeness (QED) is 0.459. The molecule has 0 amide bonds. The number of fused-ring (bicyclic) bond motifs is 1. The first-order chi connectivity index (χ1) is 13.4. The second-order valence-corrected chi connectivity index (χ2v) is 7.23. The number of nitrogens with two attached hydrogens (primary N) is 1. The van der Waals surface area contributed by atoms with Crippen LogP contribution in [-0.4, -0.2) is 67.9 Å². The number of rotatable bonds is 7. The molecule has 1 aromatic carbocycles. The average molecular weight is 388 g/mol. The Morgan fingerprint density at radius 2 is 2.36 bits per heavy atom. The molecule has 0 bridgehead atoms. The van der Waals surface area contributed by atoms with Crippen molar-refractivity contribution in [3.63, 3.8) is 0 Å². The number of piperidine rings is 1. The zero-order valence-electron chi connectivity index (χ0n) is 15.8. The number of nitroso groups, excluding NO2 is 1. The summed E-state index contributed by atoms with van der Waals surface area (Å²) in [5, 5.41) is 15.6. The molecule has 2 aliphatic heterocycles. The predicted octanol–water partition coefficient (Wildman–Crippen LogP) is 0.633. The molecule has 4 N–H and O–H groups in total. The van der Waals surface area contributed by atoms with Gasteiger partial charge in [-0.25, -0.2) is 4.79 Å². The third-order valence-electron chi connectivity index (χ3n) is 5.25. The van der Waals surface area contributed by atoms with Gasteiger partial charge in [0.25, 0.3) is 0 Å². The van der Waals surface area contributed by atoms with Crippen molar-refractivity contribution in [1.29, 1.82) is 0 Å². The number of benzene rings is 1. The number of nitrogens with zero attached hydrogens (tertiary/aromatic N) is 2. The van der Waals surface area contributed by atoms with Gasteiger partial charge in [0.1, 0.15) is 5.75 Å². The maximum Gasteiger partial charge on any atom is 0.570 e. The average Bonchev–Trinajstić information content (AvgIpc) is 2.68. The van der Waals surface area contributed by atoms with Gasteiger partial charge in [-0.1, -0.05) is 23.8 Å². The van der Waals surface area contributed by atoms with E-state index in [4.69, 9.17) is 15.1 Å². The van der Waals surface area contributed by atoms with Gasteiger partial charge in [0.2, 0.25) is 0 Å². The monoisotopic (exact) mass is 388 g/mol. The smallest absolute Gasteiger partial charge is 0.536 e. The van der Waals surface area contributed by atoms with Gasteiger partial charge in [-0.15, -0.1) is 0 Å². The molecule has 0 spiro atoms. The summed E-state index contributed by atoms with van der Waals surface area (Å²) in [6.45, 7) is 6.19. The summed E-state index contributed by atoms with van der Waals surface area (Å²) in [6, 6.07) is 4.92. The Morgan fingerprint density at radius 1 is 1.57 bits per heavy atom. The van der Waals surface area contributed by atoms with Crippen molar-refractivity contribution in [1.82, 2.24) is 10.2 Å². The lowest BCUT2D eigenvalue weighted by Crippen LogP contribution is -2.54. The predicted molar refractivity (Wildman–Crippen MR) is 105 cm³/mol. The van der Waals surface area contributed by atoms with Crippen molar-refractivity contribution in [2.24, 2.45) is 10.8 Å². The van der Waals surface area contributed by atoms with Crippen LogP contribution < -0.4 is 15.7 Å². The summed E-state index contributed by atoms with van der Waals surface area (Å²) in [7, 11) is 0.621. The zero-order chi connectivity index (χ0) is 20.3.